The van der Waals surface area contributed by atoms with Crippen molar-refractivity contribution in [3.8, 4) is 6.07 Å². The van der Waals surface area contributed by atoms with Crippen molar-refractivity contribution in [3.05, 3.63) is 22.1 Å². The van der Waals surface area contributed by atoms with Gasteiger partial charge in [-0.05, 0) is 12.8 Å². The Balaban J connectivity index is 1.58. The first-order valence-corrected chi connectivity index (χ1v) is 7.87. The number of alkyl carbamates (subject to hydrolysis) is 1. The quantitative estimate of drug-likeness (QED) is 0.856. The standard InChI is InChI=1S/C15H19N5O3/c16-7-12-13(8-17-19-14(12)21)20-6-5-11(9-20)23-15(22)18-10-3-1-2-4-10/h8,10-11H,1-6,9H2,(H,18,22)(H,19,21)/t11-/m1/s1. The monoisotopic (exact) mass is 317 g/mol. The van der Waals surface area contributed by atoms with Gasteiger partial charge in [-0.15, -0.1) is 0 Å². The maximum Gasteiger partial charge on any atom is 0.407 e. The largest absolute Gasteiger partial charge is 0.444 e. The molecule has 0 radical (unpaired) electrons. The van der Waals surface area contributed by atoms with E-state index in [1.54, 1.807) is 0 Å². The molecule has 3 rings (SSSR count). The number of hydrogen-bond acceptors (Lipinski definition) is 6. The van der Waals surface area contributed by atoms with Gasteiger partial charge < -0.3 is 15.0 Å². The lowest BCUT2D eigenvalue weighted by Gasteiger charge is -2.19. The molecule has 1 aromatic rings. The van der Waals surface area contributed by atoms with Crippen LogP contribution in [0.1, 0.15) is 37.7 Å². The van der Waals surface area contributed by atoms with Crippen molar-refractivity contribution in [1.29, 1.82) is 5.26 Å². The zero-order valence-electron chi connectivity index (χ0n) is 12.7. The maximum atomic E-state index is 11.9. The van der Waals surface area contributed by atoms with Crippen LogP contribution in [0.4, 0.5) is 10.5 Å². The molecule has 2 fully saturated rings. The van der Waals surface area contributed by atoms with Crippen molar-refractivity contribution < 1.29 is 9.53 Å². The lowest BCUT2D eigenvalue weighted by Crippen LogP contribution is -2.36. The van der Waals surface area contributed by atoms with Crippen LogP contribution in [0.2, 0.25) is 0 Å². The molecular weight excluding hydrogens is 298 g/mol. The van der Waals surface area contributed by atoms with E-state index in [0.29, 0.717) is 25.2 Å². The third-order valence-electron chi connectivity index (χ3n) is 4.38. The van der Waals surface area contributed by atoms with Gasteiger partial charge in [0.2, 0.25) is 0 Å². The molecule has 1 saturated heterocycles. The van der Waals surface area contributed by atoms with Crippen molar-refractivity contribution in [2.24, 2.45) is 0 Å². The molecule has 0 unspecified atom stereocenters. The van der Waals surface area contributed by atoms with E-state index >= 15 is 0 Å². The number of anilines is 1. The Bertz CT molecular complexity index is 674. The fourth-order valence-electron chi connectivity index (χ4n) is 3.20. The Morgan fingerprint density at radius 3 is 2.96 bits per heavy atom. The molecule has 23 heavy (non-hydrogen) atoms. The van der Waals surface area contributed by atoms with Gasteiger partial charge in [0.15, 0.2) is 0 Å². The van der Waals surface area contributed by atoms with Crippen molar-refractivity contribution in [2.45, 2.75) is 44.2 Å². The summed E-state index contributed by atoms with van der Waals surface area (Å²) in [6, 6.07) is 2.12. The Morgan fingerprint density at radius 1 is 1.43 bits per heavy atom. The van der Waals surface area contributed by atoms with E-state index in [9.17, 15) is 9.59 Å². The molecule has 1 saturated carbocycles. The fourth-order valence-corrected chi connectivity index (χ4v) is 3.20. The molecule has 1 aromatic heterocycles. The number of carbonyl (C=O) groups excluding carboxylic acids is 1. The van der Waals surface area contributed by atoms with E-state index in [-0.39, 0.29) is 23.8 Å². The molecule has 1 aliphatic carbocycles. The molecule has 0 spiro atoms. The van der Waals surface area contributed by atoms with E-state index < -0.39 is 5.56 Å². The molecule has 1 aliphatic heterocycles. The second kappa shape index (κ2) is 6.69. The van der Waals surface area contributed by atoms with Crippen molar-refractivity contribution >= 4 is 11.8 Å². The number of H-pyrrole nitrogens is 1. The van der Waals surface area contributed by atoms with Crippen molar-refractivity contribution in [1.82, 2.24) is 15.5 Å². The summed E-state index contributed by atoms with van der Waals surface area (Å²) in [5, 5.41) is 18.0. The smallest absolute Gasteiger partial charge is 0.407 e. The number of aromatic nitrogens is 2. The lowest BCUT2D eigenvalue weighted by molar-refractivity contribution is 0.105. The van der Waals surface area contributed by atoms with Crippen LogP contribution >= 0.6 is 0 Å². The Kier molecular flexibility index (Phi) is 4.46. The highest BCUT2D eigenvalue weighted by atomic mass is 16.6. The zero-order chi connectivity index (χ0) is 16.2. The number of rotatable bonds is 3. The second-order valence-electron chi connectivity index (χ2n) is 5.96. The second-order valence-corrected chi connectivity index (χ2v) is 5.96. The number of ether oxygens (including phenoxy) is 1. The minimum Gasteiger partial charge on any atom is -0.444 e. The van der Waals surface area contributed by atoms with Crippen LogP contribution in [0, 0.1) is 11.3 Å². The summed E-state index contributed by atoms with van der Waals surface area (Å²) in [4.78, 5) is 25.4. The maximum absolute atomic E-state index is 11.9. The predicted molar refractivity (Wildman–Crippen MR) is 82.1 cm³/mol. The van der Waals surface area contributed by atoms with Crippen LogP contribution in [0.15, 0.2) is 11.0 Å². The van der Waals surface area contributed by atoms with Crippen LogP contribution < -0.4 is 15.8 Å². The van der Waals surface area contributed by atoms with E-state index in [2.05, 4.69) is 15.5 Å². The molecule has 1 atom stereocenters. The average Bonchev–Trinajstić information content (AvgIpc) is 3.19. The van der Waals surface area contributed by atoms with Gasteiger partial charge in [0.1, 0.15) is 17.7 Å². The summed E-state index contributed by atoms with van der Waals surface area (Å²) in [6.07, 6.45) is 5.81. The zero-order valence-corrected chi connectivity index (χ0v) is 12.7. The molecule has 8 heteroatoms. The SMILES string of the molecule is N#Cc1c(N2CC[C@@H](OC(=O)NC3CCCC3)C2)cn[nH]c1=O. The third-order valence-corrected chi connectivity index (χ3v) is 4.38. The molecule has 8 nitrogen and oxygen atoms in total. The summed E-state index contributed by atoms with van der Waals surface area (Å²) in [6.45, 7) is 1.07. The third kappa shape index (κ3) is 3.44. The molecular formula is C15H19N5O3. The fraction of sp³-hybridized carbons (Fsp3) is 0.600. The van der Waals surface area contributed by atoms with Crippen LogP contribution in [-0.2, 0) is 4.74 Å². The van der Waals surface area contributed by atoms with Gasteiger partial charge >= 0.3 is 6.09 Å². The first-order valence-electron chi connectivity index (χ1n) is 7.87. The minimum absolute atomic E-state index is 0.0380. The first kappa shape index (κ1) is 15.3. The van der Waals surface area contributed by atoms with Crippen molar-refractivity contribution in [3.63, 3.8) is 0 Å². The van der Waals surface area contributed by atoms with Gasteiger partial charge in [0.05, 0.1) is 18.4 Å². The number of hydrogen-bond donors (Lipinski definition) is 2. The van der Waals surface area contributed by atoms with Gasteiger partial charge in [0.25, 0.3) is 5.56 Å². The number of carbonyl (C=O) groups is 1. The Labute approximate surface area is 133 Å². The average molecular weight is 317 g/mol. The van der Waals surface area contributed by atoms with Gasteiger partial charge in [-0.2, -0.15) is 10.4 Å². The number of amides is 1. The first-order chi connectivity index (χ1) is 11.2. The number of nitrogens with one attached hydrogen (secondary N) is 2. The topological polar surface area (TPSA) is 111 Å². The van der Waals surface area contributed by atoms with E-state index in [0.717, 1.165) is 25.7 Å². The highest BCUT2D eigenvalue weighted by Crippen LogP contribution is 2.23. The molecule has 2 N–H and O–H groups in total. The molecule has 0 aromatic carbocycles. The molecule has 0 bridgehead atoms. The van der Waals surface area contributed by atoms with Gasteiger partial charge in [-0.3, -0.25) is 4.79 Å². The Hall–Kier alpha value is -2.56. The van der Waals surface area contributed by atoms with E-state index in [1.807, 2.05) is 11.0 Å². The van der Waals surface area contributed by atoms with Crippen molar-refractivity contribution in [2.75, 3.05) is 18.0 Å². The normalized spacial score (nSPS) is 21.2. The molecule has 2 aliphatic rings. The summed E-state index contributed by atoms with van der Waals surface area (Å²) in [5.41, 5.74) is 0.0166. The summed E-state index contributed by atoms with van der Waals surface area (Å²) in [7, 11) is 0. The van der Waals surface area contributed by atoms with Gasteiger partial charge in [-0.25, -0.2) is 9.89 Å². The number of aromatic amines is 1. The summed E-state index contributed by atoms with van der Waals surface area (Å²) >= 11 is 0. The highest BCUT2D eigenvalue weighted by Gasteiger charge is 2.29. The van der Waals surface area contributed by atoms with Crippen LogP contribution in [0.3, 0.4) is 0 Å². The van der Waals surface area contributed by atoms with E-state index in [4.69, 9.17) is 10.00 Å². The molecule has 122 valence electrons. The number of nitriles is 1. The lowest BCUT2D eigenvalue weighted by atomic mass is 10.2. The summed E-state index contributed by atoms with van der Waals surface area (Å²) in [5.74, 6) is 0. The molecule has 2 heterocycles. The molecule has 1 amide bonds. The van der Waals surface area contributed by atoms with Crippen LogP contribution in [-0.4, -0.2) is 41.5 Å². The van der Waals surface area contributed by atoms with Gasteiger partial charge in [0, 0.05) is 19.0 Å². The van der Waals surface area contributed by atoms with E-state index in [1.165, 1.54) is 6.20 Å². The number of nitrogens with zero attached hydrogens (tertiary/aromatic N) is 3. The minimum atomic E-state index is -0.506. The van der Waals surface area contributed by atoms with Gasteiger partial charge in [-0.1, -0.05) is 12.8 Å². The Morgan fingerprint density at radius 2 is 2.22 bits per heavy atom. The van der Waals surface area contributed by atoms with Crippen LogP contribution in [0.5, 0.6) is 0 Å². The predicted octanol–water partition coefficient (Wildman–Crippen LogP) is 0.889. The summed E-state index contributed by atoms with van der Waals surface area (Å²) < 4.78 is 5.45. The highest BCUT2D eigenvalue weighted by molar-refractivity contribution is 5.68. The van der Waals surface area contributed by atoms with Crippen LogP contribution in [0.25, 0.3) is 0 Å².